The topological polar surface area (TPSA) is 0 Å². The molecule has 0 saturated carbocycles. The first kappa shape index (κ1) is 17.7. The smallest absolute Gasteiger partial charge is 0.0351 e. The summed E-state index contributed by atoms with van der Waals surface area (Å²) in [5.41, 5.74) is 0. The van der Waals surface area contributed by atoms with Gasteiger partial charge in [0.1, 0.15) is 0 Å². The van der Waals surface area contributed by atoms with E-state index in [1.165, 1.54) is 83.5 Å². The summed E-state index contributed by atoms with van der Waals surface area (Å²) < 4.78 is 0. The molecule has 1 radical (unpaired) electrons. The minimum Gasteiger partial charge on any atom is -0.0885 e. The van der Waals surface area contributed by atoms with Crippen molar-refractivity contribution in [1.82, 2.24) is 0 Å². The summed E-state index contributed by atoms with van der Waals surface area (Å²) in [6.07, 6.45) is 23.9. The number of unbranched alkanes of at least 4 members (excludes halogenated alkanes) is 12. The molecular formula is C18H35. The second-order valence-electron chi connectivity index (χ2n) is 5.44. The predicted octanol–water partition coefficient (Wildman–Crippen LogP) is 6.86. The van der Waals surface area contributed by atoms with E-state index < -0.39 is 0 Å². The molecule has 0 bridgehead atoms. The highest BCUT2D eigenvalue weighted by Gasteiger charge is 1.91. The summed E-state index contributed by atoms with van der Waals surface area (Å²) in [6.45, 7) is 6.15. The van der Waals surface area contributed by atoms with Crippen molar-refractivity contribution >= 4 is 0 Å². The van der Waals surface area contributed by atoms with Crippen LogP contribution >= 0.6 is 0 Å². The van der Waals surface area contributed by atoms with Gasteiger partial charge in [0.25, 0.3) is 0 Å². The van der Waals surface area contributed by atoms with Crippen molar-refractivity contribution in [2.24, 2.45) is 0 Å². The lowest BCUT2D eigenvalue weighted by molar-refractivity contribution is 0.570. The zero-order chi connectivity index (χ0) is 13.3. The van der Waals surface area contributed by atoms with Crippen LogP contribution in [0.25, 0.3) is 0 Å². The van der Waals surface area contributed by atoms with Crippen LogP contribution in [0.15, 0.2) is 12.2 Å². The molecule has 0 heteroatoms. The largest absolute Gasteiger partial charge is 0.0885 e. The molecule has 107 valence electrons. The van der Waals surface area contributed by atoms with E-state index in [-0.39, 0.29) is 0 Å². The van der Waals surface area contributed by atoms with Gasteiger partial charge < -0.3 is 0 Å². The first-order valence-electron chi connectivity index (χ1n) is 8.36. The fourth-order valence-corrected chi connectivity index (χ4v) is 2.25. The molecule has 0 rings (SSSR count). The van der Waals surface area contributed by atoms with Crippen molar-refractivity contribution in [2.45, 2.75) is 96.8 Å². The van der Waals surface area contributed by atoms with E-state index in [4.69, 9.17) is 0 Å². The molecule has 0 amide bonds. The van der Waals surface area contributed by atoms with Gasteiger partial charge in [-0.2, -0.15) is 0 Å². The SMILES string of the molecule is [CH2]CCCCCCCCCC/C=C\CCCCC. The maximum absolute atomic E-state index is 3.88. The summed E-state index contributed by atoms with van der Waals surface area (Å²) >= 11 is 0. The molecule has 0 spiro atoms. The van der Waals surface area contributed by atoms with Gasteiger partial charge in [-0.1, -0.05) is 90.2 Å². The van der Waals surface area contributed by atoms with Crippen LogP contribution in [0.3, 0.4) is 0 Å². The van der Waals surface area contributed by atoms with Crippen LogP contribution in [0.4, 0.5) is 0 Å². The normalized spacial score (nSPS) is 11.4. The molecule has 0 aliphatic heterocycles. The van der Waals surface area contributed by atoms with Crippen LogP contribution < -0.4 is 0 Å². The van der Waals surface area contributed by atoms with Gasteiger partial charge in [-0.3, -0.25) is 0 Å². The number of allylic oxidation sites excluding steroid dienone is 2. The number of hydrogen-bond acceptors (Lipinski definition) is 0. The van der Waals surface area contributed by atoms with Gasteiger partial charge >= 0.3 is 0 Å². The molecule has 0 heterocycles. The van der Waals surface area contributed by atoms with E-state index >= 15 is 0 Å². The van der Waals surface area contributed by atoms with Gasteiger partial charge in [0.2, 0.25) is 0 Å². The first-order valence-corrected chi connectivity index (χ1v) is 8.36. The Morgan fingerprint density at radius 1 is 0.611 bits per heavy atom. The fraction of sp³-hybridized carbons (Fsp3) is 0.833. The van der Waals surface area contributed by atoms with E-state index in [9.17, 15) is 0 Å². The third kappa shape index (κ3) is 15.7. The molecule has 0 aromatic heterocycles. The molecule has 0 N–H and O–H groups in total. The van der Waals surface area contributed by atoms with E-state index in [0.717, 1.165) is 6.42 Å². The van der Waals surface area contributed by atoms with Crippen LogP contribution in [0.2, 0.25) is 0 Å². The van der Waals surface area contributed by atoms with Crippen LogP contribution in [-0.4, -0.2) is 0 Å². The maximum atomic E-state index is 3.88. The van der Waals surface area contributed by atoms with Crippen molar-refractivity contribution in [3.63, 3.8) is 0 Å². The number of hydrogen-bond donors (Lipinski definition) is 0. The van der Waals surface area contributed by atoms with Crippen molar-refractivity contribution in [3.8, 4) is 0 Å². The fourth-order valence-electron chi connectivity index (χ4n) is 2.25. The second-order valence-corrected chi connectivity index (χ2v) is 5.44. The highest BCUT2D eigenvalue weighted by molar-refractivity contribution is 4.81. The lowest BCUT2D eigenvalue weighted by Crippen LogP contribution is -1.80. The second kappa shape index (κ2) is 16.7. The van der Waals surface area contributed by atoms with E-state index in [2.05, 4.69) is 26.0 Å². The molecular weight excluding hydrogens is 216 g/mol. The summed E-state index contributed by atoms with van der Waals surface area (Å²) in [4.78, 5) is 0. The van der Waals surface area contributed by atoms with Crippen LogP contribution in [0, 0.1) is 6.92 Å². The molecule has 0 aliphatic rings. The first-order chi connectivity index (χ1) is 8.91. The van der Waals surface area contributed by atoms with Crippen LogP contribution in [0.5, 0.6) is 0 Å². The molecule has 0 aliphatic carbocycles. The average Bonchev–Trinajstić information content (AvgIpc) is 2.39. The molecule has 0 atom stereocenters. The quantitative estimate of drug-likeness (QED) is 0.234. The Labute approximate surface area is 116 Å². The Bertz CT molecular complexity index is 157. The monoisotopic (exact) mass is 251 g/mol. The van der Waals surface area contributed by atoms with Crippen molar-refractivity contribution in [3.05, 3.63) is 19.1 Å². The summed E-state index contributed by atoms with van der Waals surface area (Å²) in [5.74, 6) is 0. The van der Waals surface area contributed by atoms with Gasteiger partial charge in [0.05, 0.1) is 0 Å². The van der Waals surface area contributed by atoms with Gasteiger partial charge in [0, 0.05) is 0 Å². The Balaban J connectivity index is 2.98. The lowest BCUT2D eigenvalue weighted by atomic mass is 10.1. The highest BCUT2D eigenvalue weighted by Crippen LogP contribution is 2.10. The van der Waals surface area contributed by atoms with Crippen molar-refractivity contribution in [2.75, 3.05) is 0 Å². The molecule has 0 unspecified atom stereocenters. The Morgan fingerprint density at radius 3 is 1.56 bits per heavy atom. The molecule has 18 heavy (non-hydrogen) atoms. The standard InChI is InChI=1S/C18H35/c1-3-5-7-9-11-13-15-17-18-16-14-12-10-8-6-4-2/h12,14H,1,3-11,13,15-18H2,2H3/b14-12-. The average molecular weight is 251 g/mol. The summed E-state index contributed by atoms with van der Waals surface area (Å²) in [6, 6.07) is 0. The number of rotatable bonds is 14. The summed E-state index contributed by atoms with van der Waals surface area (Å²) in [5, 5.41) is 0. The van der Waals surface area contributed by atoms with Crippen molar-refractivity contribution in [1.29, 1.82) is 0 Å². The Morgan fingerprint density at radius 2 is 1.06 bits per heavy atom. The Kier molecular flexibility index (Phi) is 16.5. The Hall–Kier alpha value is -0.260. The van der Waals surface area contributed by atoms with Crippen LogP contribution in [-0.2, 0) is 0 Å². The van der Waals surface area contributed by atoms with E-state index in [0.29, 0.717) is 0 Å². The third-order valence-corrected chi connectivity index (χ3v) is 3.51. The van der Waals surface area contributed by atoms with E-state index in [1.54, 1.807) is 0 Å². The minimum atomic E-state index is 1.12. The molecule has 0 nitrogen and oxygen atoms in total. The van der Waals surface area contributed by atoms with Gasteiger partial charge in [-0.25, -0.2) is 0 Å². The van der Waals surface area contributed by atoms with E-state index in [1.807, 2.05) is 0 Å². The molecule has 0 aromatic carbocycles. The third-order valence-electron chi connectivity index (χ3n) is 3.51. The van der Waals surface area contributed by atoms with Gasteiger partial charge in [-0.05, 0) is 25.7 Å². The summed E-state index contributed by atoms with van der Waals surface area (Å²) in [7, 11) is 0. The molecule has 0 saturated heterocycles. The maximum Gasteiger partial charge on any atom is -0.0351 e. The van der Waals surface area contributed by atoms with Gasteiger partial charge in [-0.15, -0.1) is 0 Å². The van der Waals surface area contributed by atoms with Crippen LogP contribution in [0.1, 0.15) is 96.8 Å². The predicted molar refractivity (Wildman–Crippen MR) is 84.8 cm³/mol. The molecule has 0 fully saturated rings. The molecule has 0 aromatic rings. The highest BCUT2D eigenvalue weighted by atomic mass is 14.0. The zero-order valence-corrected chi connectivity index (χ0v) is 12.8. The van der Waals surface area contributed by atoms with Crippen molar-refractivity contribution < 1.29 is 0 Å². The minimum absolute atomic E-state index is 1.12. The zero-order valence-electron chi connectivity index (χ0n) is 12.8. The lowest BCUT2D eigenvalue weighted by Gasteiger charge is -2.00. The van der Waals surface area contributed by atoms with Gasteiger partial charge in [0.15, 0.2) is 0 Å².